The van der Waals surface area contributed by atoms with Crippen LogP contribution in [0.3, 0.4) is 0 Å². The molecule has 1 atom stereocenters. The van der Waals surface area contributed by atoms with Crippen molar-refractivity contribution in [2.45, 2.75) is 33.3 Å². The van der Waals surface area contributed by atoms with Crippen molar-refractivity contribution in [1.82, 2.24) is 9.38 Å². The summed E-state index contributed by atoms with van der Waals surface area (Å²) >= 11 is 0. The number of fused-ring (bicyclic) bond motifs is 1. The third kappa shape index (κ3) is 2.70. The number of hydrogen-bond acceptors (Lipinski definition) is 3. The zero-order chi connectivity index (χ0) is 16.4. The van der Waals surface area contributed by atoms with Crippen LogP contribution >= 0.6 is 0 Å². The molecule has 0 aliphatic rings. The third-order valence-electron chi connectivity index (χ3n) is 4.02. The maximum atomic E-state index is 10.6. The van der Waals surface area contributed by atoms with E-state index in [0.717, 1.165) is 34.0 Å². The Labute approximate surface area is 136 Å². The van der Waals surface area contributed by atoms with Crippen molar-refractivity contribution in [3.05, 3.63) is 53.9 Å². The fourth-order valence-electron chi connectivity index (χ4n) is 2.92. The minimum absolute atomic E-state index is 0.573. The van der Waals surface area contributed by atoms with Crippen LogP contribution in [0.4, 0.5) is 0 Å². The van der Waals surface area contributed by atoms with E-state index in [4.69, 9.17) is 9.72 Å². The molecule has 0 aliphatic heterocycles. The molecule has 4 nitrogen and oxygen atoms in total. The van der Waals surface area contributed by atoms with Crippen LogP contribution in [0.25, 0.3) is 16.9 Å². The lowest BCUT2D eigenvalue weighted by Crippen LogP contribution is -2.05. The van der Waals surface area contributed by atoms with Crippen LogP contribution in [-0.4, -0.2) is 21.1 Å². The molecule has 1 unspecified atom stereocenters. The fourth-order valence-corrected chi connectivity index (χ4v) is 2.92. The van der Waals surface area contributed by atoms with Gasteiger partial charge < -0.3 is 9.84 Å². The van der Waals surface area contributed by atoms with Crippen LogP contribution in [0.5, 0.6) is 5.75 Å². The van der Waals surface area contributed by atoms with Gasteiger partial charge in [-0.1, -0.05) is 25.1 Å². The molecular weight excluding hydrogens is 288 g/mol. The molecule has 1 aromatic carbocycles. The third-order valence-corrected chi connectivity index (χ3v) is 4.02. The molecule has 4 heteroatoms. The Morgan fingerprint density at radius 3 is 2.65 bits per heavy atom. The summed E-state index contributed by atoms with van der Waals surface area (Å²) in [6.45, 7) is 6.56. The number of aliphatic hydroxyl groups excluding tert-OH is 1. The number of nitrogens with zero attached hydrogens (tertiary/aromatic N) is 2. The molecule has 120 valence electrons. The van der Waals surface area contributed by atoms with Crippen LogP contribution < -0.4 is 4.74 Å². The van der Waals surface area contributed by atoms with Gasteiger partial charge in [-0.2, -0.15) is 0 Å². The number of pyridine rings is 1. The number of hydrogen-bond donors (Lipinski definition) is 1. The number of para-hydroxylation sites is 1. The first-order valence-electron chi connectivity index (χ1n) is 8.05. The van der Waals surface area contributed by atoms with E-state index in [1.807, 2.05) is 67.6 Å². The number of imidazole rings is 1. The predicted octanol–water partition coefficient (Wildman–Crippen LogP) is 4.15. The minimum atomic E-state index is -0.573. The van der Waals surface area contributed by atoms with E-state index >= 15 is 0 Å². The second-order valence-electron chi connectivity index (χ2n) is 5.56. The first-order valence-corrected chi connectivity index (χ1v) is 8.05. The SMILES string of the molecule is CCOc1ccccc1-c1nc2cccc(C)n2c1C(O)CC. The number of aryl methyl sites for hydroxylation is 1. The highest BCUT2D eigenvalue weighted by Gasteiger charge is 2.22. The molecule has 1 N–H and O–H groups in total. The van der Waals surface area contributed by atoms with Crippen LogP contribution in [0, 0.1) is 6.92 Å². The highest BCUT2D eigenvalue weighted by molar-refractivity contribution is 5.73. The smallest absolute Gasteiger partial charge is 0.137 e. The van der Waals surface area contributed by atoms with Crippen molar-refractivity contribution in [1.29, 1.82) is 0 Å². The summed E-state index contributed by atoms with van der Waals surface area (Å²) in [7, 11) is 0. The summed E-state index contributed by atoms with van der Waals surface area (Å²) in [5.41, 5.74) is 4.43. The van der Waals surface area contributed by atoms with Crippen LogP contribution in [0.15, 0.2) is 42.5 Å². The average molecular weight is 310 g/mol. The highest BCUT2D eigenvalue weighted by Crippen LogP contribution is 2.36. The van der Waals surface area contributed by atoms with Crippen molar-refractivity contribution >= 4 is 5.65 Å². The van der Waals surface area contributed by atoms with Gasteiger partial charge >= 0.3 is 0 Å². The molecule has 0 radical (unpaired) electrons. The van der Waals surface area contributed by atoms with Gasteiger partial charge in [0.05, 0.1) is 24.1 Å². The molecule has 0 amide bonds. The normalized spacial score (nSPS) is 12.5. The van der Waals surface area contributed by atoms with E-state index in [1.165, 1.54) is 0 Å². The standard InChI is InChI=1S/C19H22N2O2/c1-4-15(22)19-18(14-10-6-7-11-16(14)23-5-2)20-17-12-8-9-13(3)21(17)19/h6-12,15,22H,4-5H2,1-3H3. The summed E-state index contributed by atoms with van der Waals surface area (Å²) in [6.07, 6.45) is 0.0575. The largest absolute Gasteiger partial charge is 0.493 e. The molecule has 0 spiro atoms. The Bertz CT molecular complexity index is 823. The van der Waals surface area contributed by atoms with Gasteiger partial charge in [0, 0.05) is 11.3 Å². The Balaban J connectivity index is 2.32. The van der Waals surface area contributed by atoms with E-state index in [-0.39, 0.29) is 0 Å². The molecule has 0 bridgehead atoms. The van der Waals surface area contributed by atoms with E-state index in [2.05, 4.69) is 0 Å². The zero-order valence-electron chi connectivity index (χ0n) is 13.8. The van der Waals surface area contributed by atoms with E-state index in [9.17, 15) is 5.11 Å². The quantitative estimate of drug-likeness (QED) is 0.770. The maximum absolute atomic E-state index is 10.6. The van der Waals surface area contributed by atoms with E-state index in [1.54, 1.807) is 0 Å². The first-order chi connectivity index (χ1) is 11.2. The highest BCUT2D eigenvalue weighted by atomic mass is 16.5. The molecule has 0 saturated carbocycles. The lowest BCUT2D eigenvalue weighted by molar-refractivity contribution is 0.168. The van der Waals surface area contributed by atoms with Gasteiger partial charge in [0.15, 0.2) is 0 Å². The van der Waals surface area contributed by atoms with Gasteiger partial charge in [-0.15, -0.1) is 0 Å². The van der Waals surface area contributed by atoms with Gasteiger partial charge in [0.25, 0.3) is 0 Å². The van der Waals surface area contributed by atoms with E-state index in [0.29, 0.717) is 13.0 Å². The monoisotopic (exact) mass is 310 g/mol. The van der Waals surface area contributed by atoms with Crippen LogP contribution in [-0.2, 0) is 0 Å². The van der Waals surface area contributed by atoms with Crippen molar-refractivity contribution in [2.24, 2.45) is 0 Å². The Hall–Kier alpha value is -2.33. The van der Waals surface area contributed by atoms with Crippen LogP contribution in [0.2, 0.25) is 0 Å². The second kappa shape index (κ2) is 6.42. The number of aliphatic hydroxyl groups is 1. The van der Waals surface area contributed by atoms with Crippen molar-refractivity contribution in [3.8, 4) is 17.0 Å². The Morgan fingerprint density at radius 1 is 1.13 bits per heavy atom. The minimum Gasteiger partial charge on any atom is -0.493 e. The zero-order valence-corrected chi connectivity index (χ0v) is 13.8. The Kier molecular flexibility index (Phi) is 4.35. The summed E-state index contributed by atoms with van der Waals surface area (Å²) in [5.74, 6) is 0.792. The molecular formula is C19H22N2O2. The molecule has 3 aromatic rings. The molecule has 3 rings (SSSR count). The molecule has 0 saturated heterocycles. The van der Waals surface area contributed by atoms with Gasteiger partial charge in [-0.05, 0) is 44.5 Å². The average Bonchev–Trinajstić information content (AvgIpc) is 2.95. The van der Waals surface area contributed by atoms with Crippen molar-refractivity contribution < 1.29 is 9.84 Å². The first kappa shape index (κ1) is 15.6. The molecule has 0 fully saturated rings. The van der Waals surface area contributed by atoms with Gasteiger partial charge in [0.2, 0.25) is 0 Å². The number of aromatic nitrogens is 2. The Morgan fingerprint density at radius 2 is 1.91 bits per heavy atom. The second-order valence-corrected chi connectivity index (χ2v) is 5.56. The lowest BCUT2D eigenvalue weighted by atomic mass is 10.0. The lowest BCUT2D eigenvalue weighted by Gasteiger charge is -2.14. The number of rotatable bonds is 5. The summed E-state index contributed by atoms with van der Waals surface area (Å²) < 4.78 is 7.79. The van der Waals surface area contributed by atoms with Crippen LogP contribution in [0.1, 0.15) is 37.8 Å². The number of ether oxygens (including phenoxy) is 1. The fraction of sp³-hybridized carbons (Fsp3) is 0.316. The van der Waals surface area contributed by atoms with Crippen molar-refractivity contribution in [3.63, 3.8) is 0 Å². The summed E-state index contributed by atoms with van der Waals surface area (Å²) in [5, 5.41) is 10.6. The van der Waals surface area contributed by atoms with Gasteiger partial charge in [0.1, 0.15) is 11.4 Å². The summed E-state index contributed by atoms with van der Waals surface area (Å²) in [4.78, 5) is 4.78. The maximum Gasteiger partial charge on any atom is 0.137 e. The molecule has 2 heterocycles. The van der Waals surface area contributed by atoms with Gasteiger partial charge in [-0.3, -0.25) is 4.40 Å². The molecule has 2 aromatic heterocycles. The number of benzene rings is 1. The predicted molar refractivity (Wildman–Crippen MR) is 91.8 cm³/mol. The molecule has 23 heavy (non-hydrogen) atoms. The molecule has 0 aliphatic carbocycles. The summed E-state index contributed by atoms with van der Waals surface area (Å²) in [6, 6.07) is 13.8. The van der Waals surface area contributed by atoms with E-state index < -0.39 is 6.10 Å². The topological polar surface area (TPSA) is 46.8 Å². The van der Waals surface area contributed by atoms with Gasteiger partial charge in [-0.25, -0.2) is 4.98 Å². The van der Waals surface area contributed by atoms with Crippen molar-refractivity contribution in [2.75, 3.05) is 6.61 Å².